The van der Waals surface area contributed by atoms with Gasteiger partial charge in [-0.25, -0.2) is 0 Å². The van der Waals surface area contributed by atoms with Crippen LogP contribution in [-0.2, 0) is 6.42 Å². The van der Waals surface area contributed by atoms with Gasteiger partial charge in [0.2, 0.25) is 0 Å². The molecule has 84 valence electrons. The summed E-state index contributed by atoms with van der Waals surface area (Å²) < 4.78 is 0. The van der Waals surface area contributed by atoms with Crippen molar-refractivity contribution in [1.29, 1.82) is 0 Å². The van der Waals surface area contributed by atoms with Gasteiger partial charge in [-0.05, 0) is 41.1 Å². The van der Waals surface area contributed by atoms with Gasteiger partial charge in [0, 0.05) is 11.3 Å². The van der Waals surface area contributed by atoms with E-state index in [1.165, 1.54) is 0 Å². The number of rotatable bonds is 1. The molecule has 0 saturated carbocycles. The summed E-state index contributed by atoms with van der Waals surface area (Å²) in [6.45, 7) is 6.17. The second-order valence-electron chi connectivity index (χ2n) is 5.11. The molecule has 1 aliphatic carbocycles. The van der Waals surface area contributed by atoms with Gasteiger partial charge in [0.1, 0.15) is 5.69 Å². The molecule has 3 nitrogen and oxygen atoms in total. The average molecular weight is 216 g/mol. The molecular formula is C13H16N2O. The van der Waals surface area contributed by atoms with Crippen LogP contribution in [0.1, 0.15) is 30.5 Å². The van der Waals surface area contributed by atoms with Crippen molar-refractivity contribution in [1.82, 2.24) is 0 Å². The van der Waals surface area contributed by atoms with Crippen molar-refractivity contribution in [3.8, 4) is 0 Å². The highest BCUT2D eigenvalue weighted by Gasteiger charge is 2.25. The first-order chi connectivity index (χ1) is 7.44. The summed E-state index contributed by atoms with van der Waals surface area (Å²) in [5, 5.41) is 3.12. The lowest BCUT2D eigenvalue weighted by Gasteiger charge is -2.27. The minimum absolute atomic E-state index is 0.0938. The predicted molar refractivity (Wildman–Crippen MR) is 67.6 cm³/mol. The Bertz CT molecular complexity index is 487. The molecule has 0 amide bonds. The fourth-order valence-electron chi connectivity index (χ4n) is 2.22. The van der Waals surface area contributed by atoms with Gasteiger partial charge in [0.05, 0.1) is 0 Å². The third-order valence-electron chi connectivity index (χ3n) is 3.10. The molecule has 1 aromatic carbocycles. The molecule has 1 aliphatic rings. The van der Waals surface area contributed by atoms with Crippen molar-refractivity contribution in [3.05, 3.63) is 33.7 Å². The number of benzene rings is 1. The van der Waals surface area contributed by atoms with E-state index in [1.54, 1.807) is 0 Å². The van der Waals surface area contributed by atoms with Gasteiger partial charge < -0.3 is 5.73 Å². The van der Waals surface area contributed by atoms with Crippen LogP contribution in [0.2, 0.25) is 0 Å². The summed E-state index contributed by atoms with van der Waals surface area (Å²) in [5.74, 6) is 0. The lowest BCUT2D eigenvalue weighted by molar-refractivity contribution is 0.475. The maximum absolute atomic E-state index is 10.8. The number of nitrogen functional groups attached to an aromatic ring is 1. The Hall–Kier alpha value is -1.64. The molecule has 0 aromatic heterocycles. The van der Waals surface area contributed by atoms with E-state index in [4.69, 9.17) is 5.73 Å². The largest absolute Gasteiger partial charge is 0.398 e. The first-order valence-electron chi connectivity index (χ1n) is 5.39. The quantitative estimate of drug-likeness (QED) is 0.576. The van der Waals surface area contributed by atoms with Crippen molar-refractivity contribution >= 4 is 17.5 Å². The number of nitroso groups, excluding NO2 is 1. The molecule has 16 heavy (non-hydrogen) atoms. The van der Waals surface area contributed by atoms with Crippen molar-refractivity contribution < 1.29 is 0 Å². The zero-order chi connectivity index (χ0) is 11.9. The van der Waals surface area contributed by atoms with Gasteiger partial charge in [0.15, 0.2) is 0 Å². The number of aryl methyl sites for hydroxylation is 1. The topological polar surface area (TPSA) is 55.4 Å². The molecule has 0 bridgehead atoms. The summed E-state index contributed by atoms with van der Waals surface area (Å²) in [6.07, 6.45) is 4.94. The Morgan fingerprint density at radius 1 is 1.44 bits per heavy atom. The Balaban J connectivity index is 2.70. The van der Waals surface area contributed by atoms with Gasteiger partial charge >= 0.3 is 0 Å². The molecule has 2 rings (SSSR count). The molecule has 2 N–H and O–H groups in total. The lowest BCUT2D eigenvalue weighted by atomic mass is 9.78. The van der Waals surface area contributed by atoms with Gasteiger partial charge in [-0.1, -0.05) is 26.0 Å². The summed E-state index contributed by atoms with van der Waals surface area (Å²) in [7, 11) is 0. The molecule has 3 heteroatoms. The third-order valence-corrected chi connectivity index (χ3v) is 3.10. The maximum Gasteiger partial charge on any atom is 0.118 e. The second-order valence-corrected chi connectivity index (χ2v) is 5.11. The van der Waals surface area contributed by atoms with E-state index < -0.39 is 0 Å². The Morgan fingerprint density at radius 2 is 2.12 bits per heavy atom. The van der Waals surface area contributed by atoms with Crippen LogP contribution in [0.3, 0.4) is 0 Å². The molecule has 0 spiro atoms. The number of nitrogens with zero attached hydrogens (tertiary/aromatic N) is 1. The third kappa shape index (κ3) is 1.62. The molecule has 0 unspecified atom stereocenters. The highest BCUT2D eigenvalue weighted by molar-refractivity contribution is 5.77. The normalized spacial score (nSPS) is 16.9. The summed E-state index contributed by atoms with van der Waals surface area (Å²) in [4.78, 5) is 10.8. The maximum atomic E-state index is 10.8. The standard InChI is InChI=1S/C13H16N2O/c1-8-6-11(14)10-7-13(2,3)5-4-9(10)12(8)15-16/h4-6H,7,14H2,1-3H3. The lowest BCUT2D eigenvalue weighted by Crippen LogP contribution is -2.17. The highest BCUT2D eigenvalue weighted by atomic mass is 16.3. The number of hydrogen-bond acceptors (Lipinski definition) is 3. The minimum atomic E-state index is 0.0938. The van der Waals surface area contributed by atoms with E-state index in [0.29, 0.717) is 5.69 Å². The Kier molecular flexibility index (Phi) is 2.34. The zero-order valence-corrected chi connectivity index (χ0v) is 9.87. The predicted octanol–water partition coefficient (Wildman–Crippen LogP) is 3.57. The van der Waals surface area contributed by atoms with Gasteiger partial charge in [-0.15, -0.1) is 4.91 Å². The van der Waals surface area contributed by atoms with Gasteiger partial charge in [0.25, 0.3) is 0 Å². The zero-order valence-electron chi connectivity index (χ0n) is 9.87. The molecule has 0 atom stereocenters. The molecular weight excluding hydrogens is 200 g/mol. The SMILES string of the molecule is Cc1cc(N)c2c(c1N=O)C=CC(C)(C)C2. The summed E-state index contributed by atoms with van der Waals surface area (Å²) in [5.41, 5.74) is 10.2. The monoisotopic (exact) mass is 216 g/mol. The molecule has 0 fully saturated rings. The van der Waals surface area contributed by atoms with Crippen LogP contribution >= 0.6 is 0 Å². The highest BCUT2D eigenvalue weighted by Crippen LogP contribution is 2.40. The van der Waals surface area contributed by atoms with Crippen LogP contribution in [-0.4, -0.2) is 0 Å². The van der Waals surface area contributed by atoms with Crippen molar-refractivity contribution in [3.63, 3.8) is 0 Å². The van der Waals surface area contributed by atoms with Crippen molar-refractivity contribution in [2.24, 2.45) is 10.6 Å². The number of fused-ring (bicyclic) bond motifs is 1. The van der Waals surface area contributed by atoms with E-state index in [9.17, 15) is 4.91 Å². The smallest absolute Gasteiger partial charge is 0.118 e. The molecule has 0 saturated heterocycles. The Labute approximate surface area is 95.3 Å². The molecule has 0 aliphatic heterocycles. The van der Waals surface area contributed by atoms with Crippen molar-refractivity contribution in [2.75, 3.05) is 5.73 Å². The first kappa shape index (κ1) is 10.9. The van der Waals surface area contributed by atoms with Crippen LogP contribution in [0.15, 0.2) is 17.3 Å². The van der Waals surface area contributed by atoms with Crippen LogP contribution in [0.25, 0.3) is 6.08 Å². The molecule has 0 heterocycles. The van der Waals surface area contributed by atoms with Crippen LogP contribution in [0.5, 0.6) is 0 Å². The summed E-state index contributed by atoms with van der Waals surface area (Å²) >= 11 is 0. The van der Waals surface area contributed by atoms with Gasteiger partial charge in [-0.2, -0.15) is 0 Å². The Morgan fingerprint density at radius 3 is 2.75 bits per heavy atom. The van der Waals surface area contributed by atoms with Crippen LogP contribution in [0.4, 0.5) is 11.4 Å². The number of hydrogen-bond donors (Lipinski definition) is 1. The first-order valence-corrected chi connectivity index (χ1v) is 5.39. The number of allylic oxidation sites excluding steroid dienone is 1. The second kappa shape index (κ2) is 3.44. The minimum Gasteiger partial charge on any atom is -0.398 e. The molecule has 1 aromatic rings. The number of anilines is 1. The summed E-state index contributed by atoms with van der Waals surface area (Å²) in [6, 6.07) is 1.84. The van der Waals surface area contributed by atoms with E-state index >= 15 is 0 Å². The van der Waals surface area contributed by atoms with E-state index in [-0.39, 0.29) is 5.41 Å². The molecule has 0 radical (unpaired) electrons. The fraction of sp³-hybridized carbons (Fsp3) is 0.385. The van der Waals surface area contributed by atoms with Crippen LogP contribution in [0, 0.1) is 17.2 Å². The van der Waals surface area contributed by atoms with E-state index in [2.05, 4.69) is 25.1 Å². The van der Waals surface area contributed by atoms with Gasteiger partial charge in [-0.3, -0.25) is 0 Å². The number of nitrogens with two attached hydrogens (primary N) is 1. The van der Waals surface area contributed by atoms with E-state index in [1.807, 2.05) is 19.1 Å². The van der Waals surface area contributed by atoms with Crippen LogP contribution < -0.4 is 5.73 Å². The fourth-order valence-corrected chi connectivity index (χ4v) is 2.22. The van der Waals surface area contributed by atoms with E-state index in [0.717, 1.165) is 28.8 Å². The van der Waals surface area contributed by atoms with Crippen molar-refractivity contribution in [2.45, 2.75) is 27.2 Å². The average Bonchev–Trinajstić information content (AvgIpc) is 2.19.